The van der Waals surface area contributed by atoms with Crippen molar-refractivity contribution in [3.8, 4) is 0 Å². The molecule has 1 atom stereocenters. The molecule has 1 saturated heterocycles. The molecule has 0 amide bonds. The summed E-state index contributed by atoms with van der Waals surface area (Å²) in [6, 6.07) is 8.41. The number of alkyl halides is 3. The molecule has 0 N–H and O–H groups in total. The van der Waals surface area contributed by atoms with Gasteiger partial charge in [0.1, 0.15) is 11.6 Å². The molecule has 3 heterocycles. The molecule has 142 valence electrons. The van der Waals surface area contributed by atoms with Crippen molar-refractivity contribution in [1.82, 2.24) is 19.5 Å². The Balaban J connectivity index is 1.53. The first-order chi connectivity index (χ1) is 12.9. The van der Waals surface area contributed by atoms with E-state index in [0.717, 1.165) is 36.9 Å². The molecule has 1 fully saturated rings. The van der Waals surface area contributed by atoms with Crippen LogP contribution < -0.4 is 0 Å². The Kier molecular flexibility index (Phi) is 4.59. The van der Waals surface area contributed by atoms with Crippen molar-refractivity contribution >= 4 is 5.65 Å². The first-order valence-electron chi connectivity index (χ1n) is 8.79. The number of pyridine rings is 1. The van der Waals surface area contributed by atoms with Gasteiger partial charge in [0.05, 0.1) is 5.56 Å². The van der Waals surface area contributed by atoms with Gasteiger partial charge in [-0.2, -0.15) is 13.2 Å². The standard InChI is InChI=1S/C19H18F4N4/c20-16-9-13(8-15(10-16)19(21,22)23)11-26-6-3-4-14(12-26)18-25-24-17-5-1-2-7-27(17)18/h1-2,5,7-10,14H,3-4,6,11-12H2/t14-/m1/s1. The zero-order valence-electron chi connectivity index (χ0n) is 14.5. The molecule has 27 heavy (non-hydrogen) atoms. The maximum atomic E-state index is 13.6. The van der Waals surface area contributed by atoms with Crippen LogP contribution in [-0.4, -0.2) is 32.6 Å². The van der Waals surface area contributed by atoms with Crippen molar-refractivity contribution in [1.29, 1.82) is 0 Å². The Morgan fingerprint density at radius 3 is 2.78 bits per heavy atom. The van der Waals surface area contributed by atoms with Crippen molar-refractivity contribution in [2.75, 3.05) is 13.1 Å². The summed E-state index contributed by atoms with van der Waals surface area (Å²) >= 11 is 0. The zero-order chi connectivity index (χ0) is 19.0. The molecule has 0 spiro atoms. The summed E-state index contributed by atoms with van der Waals surface area (Å²) in [5, 5.41) is 8.47. The van der Waals surface area contributed by atoms with Gasteiger partial charge < -0.3 is 0 Å². The van der Waals surface area contributed by atoms with Crippen molar-refractivity contribution in [2.45, 2.75) is 31.5 Å². The highest BCUT2D eigenvalue weighted by Gasteiger charge is 2.32. The molecule has 1 aliphatic heterocycles. The first-order valence-corrected chi connectivity index (χ1v) is 8.79. The topological polar surface area (TPSA) is 33.4 Å². The van der Waals surface area contributed by atoms with Crippen molar-refractivity contribution < 1.29 is 17.6 Å². The van der Waals surface area contributed by atoms with E-state index in [1.807, 2.05) is 33.7 Å². The lowest BCUT2D eigenvalue weighted by Gasteiger charge is -2.32. The third-order valence-corrected chi connectivity index (χ3v) is 4.90. The van der Waals surface area contributed by atoms with E-state index in [4.69, 9.17) is 0 Å². The molecule has 8 heteroatoms. The summed E-state index contributed by atoms with van der Waals surface area (Å²) in [6.07, 6.45) is -0.815. The monoisotopic (exact) mass is 378 g/mol. The quantitative estimate of drug-likeness (QED) is 0.639. The molecule has 1 aliphatic rings. The number of nitrogens with zero attached hydrogens (tertiary/aromatic N) is 4. The van der Waals surface area contributed by atoms with E-state index in [9.17, 15) is 17.6 Å². The van der Waals surface area contributed by atoms with E-state index in [2.05, 4.69) is 10.2 Å². The maximum absolute atomic E-state index is 13.6. The van der Waals surface area contributed by atoms with E-state index >= 15 is 0 Å². The van der Waals surface area contributed by atoms with E-state index < -0.39 is 17.6 Å². The molecule has 1 aromatic carbocycles. The molecule has 4 nitrogen and oxygen atoms in total. The highest BCUT2D eigenvalue weighted by atomic mass is 19.4. The van der Waals surface area contributed by atoms with Gasteiger partial charge in [-0.15, -0.1) is 10.2 Å². The van der Waals surface area contributed by atoms with Gasteiger partial charge in [-0.25, -0.2) is 4.39 Å². The molecular weight excluding hydrogens is 360 g/mol. The van der Waals surface area contributed by atoms with E-state index in [0.29, 0.717) is 18.2 Å². The minimum Gasteiger partial charge on any atom is -0.298 e. The molecule has 0 unspecified atom stereocenters. The summed E-state index contributed by atoms with van der Waals surface area (Å²) in [5.41, 5.74) is 0.146. The fourth-order valence-corrected chi connectivity index (χ4v) is 3.71. The van der Waals surface area contributed by atoms with Crippen LogP contribution in [0.2, 0.25) is 0 Å². The summed E-state index contributed by atoms with van der Waals surface area (Å²) < 4.78 is 54.4. The molecular formula is C19H18F4N4. The van der Waals surface area contributed by atoms with Crippen molar-refractivity contribution in [3.05, 3.63) is 65.4 Å². The van der Waals surface area contributed by atoms with Crippen LogP contribution in [0.1, 0.15) is 35.7 Å². The Hall–Kier alpha value is -2.48. The lowest BCUT2D eigenvalue weighted by molar-refractivity contribution is -0.137. The van der Waals surface area contributed by atoms with Crippen LogP contribution in [0.5, 0.6) is 0 Å². The number of halogens is 4. The Labute approximate surface area is 153 Å². The van der Waals surface area contributed by atoms with Crippen LogP contribution in [0.3, 0.4) is 0 Å². The minimum atomic E-state index is -4.55. The molecule has 3 aromatic rings. The summed E-state index contributed by atoms with van der Waals surface area (Å²) in [7, 11) is 0. The minimum absolute atomic E-state index is 0.131. The number of hydrogen-bond donors (Lipinski definition) is 0. The molecule has 0 aliphatic carbocycles. The van der Waals surface area contributed by atoms with E-state index in [-0.39, 0.29) is 12.5 Å². The summed E-state index contributed by atoms with van der Waals surface area (Å²) in [4.78, 5) is 2.05. The summed E-state index contributed by atoms with van der Waals surface area (Å²) in [5.74, 6) is 0.120. The van der Waals surface area contributed by atoms with Crippen LogP contribution >= 0.6 is 0 Å². The van der Waals surface area contributed by atoms with Gasteiger partial charge in [0.2, 0.25) is 0 Å². The molecule has 0 bridgehead atoms. The number of benzene rings is 1. The number of rotatable bonds is 3. The number of aromatic nitrogens is 3. The maximum Gasteiger partial charge on any atom is 0.416 e. The Bertz CT molecular complexity index is 950. The van der Waals surface area contributed by atoms with Crippen LogP contribution in [-0.2, 0) is 12.7 Å². The third-order valence-electron chi connectivity index (χ3n) is 4.90. The molecule has 4 rings (SSSR count). The molecule has 0 saturated carbocycles. The second kappa shape index (κ2) is 6.92. The summed E-state index contributed by atoms with van der Waals surface area (Å²) in [6.45, 7) is 1.67. The first kappa shape index (κ1) is 17.9. The largest absolute Gasteiger partial charge is 0.416 e. The average Bonchev–Trinajstić information content (AvgIpc) is 3.05. The van der Waals surface area contributed by atoms with Crippen molar-refractivity contribution in [2.24, 2.45) is 0 Å². The van der Waals surface area contributed by atoms with Gasteiger partial charge >= 0.3 is 6.18 Å². The predicted octanol–water partition coefficient (Wildman–Crippen LogP) is 4.27. The lowest BCUT2D eigenvalue weighted by Crippen LogP contribution is -2.34. The molecule has 2 aromatic heterocycles. The van der Waals surface area contributed by atoms with Crippen LogP contribution in [0, 0.1) is 5.82 Å². The predicted molar refractivity (Wildman–Crippen MR) is 91.6 cm³/mol. The fraction of sp³-hybridized carbons (Fsp3) is 0.368. The lowest BCUT2D eigenvalue weighted by atomic mass is 9.96. The van der Waals surface area contributed by atoms with Gasteiger partial charge in [0, 0.05) is 25.2 Å². The number of piperidine rings is 1. The van der Waals surface area contributed by atoms with Crippen LogP contribution in [0.15, 0.2) is 42.6 Å². The van der Waals surface area contributed by atoms with E-state index in [1.165, 1.54) is 6.07 Å². The Morgan fingerprint density at radius 2 is 1.96 bits per heavy atom. The molecule has 0 radical (unpaired) electrons. The zero-order valence-corrected chi connectivity index (χ0v) is 14.5. The van der Waals surface area contributed by atoms with Gasteiger partial charge in [-0.3, -0.25) is 9.30 Å². The smallest absolute Gasteiger partial charge is 0.298 e. The highest BCUT2D eigenvalue weighted by molar-refractivity contribution is 5.37. The van der Waals surface area contributed by atoms with Gasteiger partial charge in [0.25, 0.3) is 0 Å². The Morgan fingerprint density at radius 1 is 1.11 bits per heavy atom. The van der Waals surface area contributed by atoms with Gasteiger partial charge in [0.15, 0.2) is 5.65 Å². The van der Waals surface area contributed by atoms with Crippen molar-refractivity contribution in [3.63, 3.8) is 0 Å². The number of hydrogen-bond acceptors (Lipinski definition) is 3. The average molecular weight is 378 g/mol. The van der Waals surface area contributed by atoms with Gasteiger partial charge in [-0.05, 0) is 55.3 Å². The normalized spacial score (nSPS) is 18.9. The fourth-order valence-electron chi connectivity index (χ4n) is 3.71. The van der Waals surface area contributed by atoms with Gasteiger partial charge in [-0.1, -0.05) is 6.07 Å². The number of fused-ring (bicyclic) bond motifs is 1. The number of likely N-dealkylation sites (tertiary alicyclic amines) is 1. The van der Waals surface area contributed by atoms with E-state index in [1.54, 1.807) is 0 Å². The second-order valence-corrected chi connectivity index (χ2v) is 6.91. The highest BCUT2D eigenvalue weighted by Crippen LogP contribution is 2.32. The second-order valence-electron chi connectivity index (χ2n) is 6.91. The SMILES string of the molecule is Fc1cc(CN2CCC[C@@H](c3nnc4ccccn34)C2)cc(C(F)(F)F)c1. The van der Waals surface area contributed by atoms with Crippen LogP contribution in [0.25, 0.3) is 5.65 Å². The third kappa shape index (κ3) is 3.80. The van der Waals surface area contributed by atoms with Crippen LogP contribution in [0.4, 0.5) is 17.6 Å².